The summed E-state index contributed by atoms with van der Waals surface area (Å²) in [5.41, 5.74) is 2.30. The molecule has 0 aliphatic rings. The fraction of sp³-hybridized carbons (Fsp3) is 0.0526. The van der Waals surface area contributed by atoms with Gasteiger partial charge in [0.25, 0.3) is 5.56 Å². The molecule has 0 unspecified atom stereocenters. The highest BCUT2D eigenvalue weighted by Gasteiger charge is 2.11. The maximum atomic E-state index is 12.6. The standard InChI is InChI=1S/C19H12Cl2N2O/c20-16-6-1-13(2-7-16)12-23-18(10-5-15(11-22)19(23)24)14-3-8-17(21)9-4-14/h1-10H,12H2. The number of nitriles is 1. The van der Waals surface area contributed by atoms with Crippen molar-refractivity contribution in [2.75, 3.05) is 0 Å². The number of pyridine rings is 1. The van der Waals surface area contributed by atoms with E-state index in [4.69, 9.17) is 28.5 Å². The van der Waals surface area contributed by atoms with Crippen LogP contribution in [0.1, 0.15) is 11.1 Å². The van der Waals surface area contributed by atoms with Crippen LogP contribution in [0, 0.1) is 11.3 Å². The van der Waals surface area contributed by atoms with E-state index in [-0.39, 0.29) is 11.1 Å². The Bertz CT molecular complexity index is 968. The van der Waals surface area contributed by atoms with Gasteiger partial charge in [-0.05, 0) is 47.5 Å². The van der Waals surface area contributed by atoms with Crippen LogP contribution in [0.3, 0.4) is 0 Å². The summed E-state index contributed by atoms with van der Waals surface area (Å²) in [6.45, 7) is 0.351. The van der Waals surface area contributed by atoms with Gasteiger partial charge in [-0.15, -0.1) is 0 Å². The van der Waals surface area contributed by atoms with Gasteiger partial charge in [-0.25, -0.2) is 0 Å². The minimum atomic E-state index is -0.320. The molecule has 5 heteroatoms. The molecule has 24 heavy (non-hydrogen) atoms. The van der Waals surface area contributed by atoms with E-state index >= 15 is 0 Å². The van der Waals surface area contributed by atoms with Crippen LogP contribution in [0.2, 0.25) is 10.0 Å². The monoisotopic (exact) mass is 354 g/mol. The molecule has 0 fully saturated rings. The first-order valence-electron chi connectivity index (χ1n) is 7.23. The molecule has 0 spiro atoms. The van der Waals surface area contributed by atoms with E-state index in [1.807, 2.05) is 30.3 Å². The molecule has 0 N–H and O–H groups in total. The van der Waals surface area contributed by atoms with Crippen molar-refractivity contribution in [1.29, 1.82) is 5.26 Å². The average Bonchev–Trinajstić information content (AvgIpc) is 2.59. The highest BCUT2D eigenvalue weighted by molar-refractivity contribution is 6.30. The molecule has 1 aromatic heterocycles. The zero-order valence-corrected chi connectivity index (χ0v) is 14.1. The van der Waals surface area contributed by atoms with Crippen molar-refractivity contribution in [1.82, 2.24) is 4.57 Å². The lowest BCUT2D eigenvalue weighted by atomic mass is 10.1. The quantitative estimate of drug-likeness (QED) is 0.681. The zero-order chi connectivity index (χ0) is 17.1. The molecule has 0 saturated carbocycles. The first-order chi connectivity index (χ1) is 11.6. The maximum absolute atomic E-state index is 12.6. The van der Waals surface area contributed by atoms with Gasteiger partial charge in [0.2, 0.25) is 0 Å². The van der Waals surface area contributed by atoms with E-state index in [9.17, 15) is 4.79 Å². The molecule has 2 aromatic carbocycles. The summed E-state index contributed by atoms with van der Waals surface area (Å²) in [6.07, 6.45) is 0. The van der Waals surface area contributed by atoms with Crippen LogP contribution < -0.4 is 5.56 Å². The van der Waals surface area contributed by atoms with Gasteiger partial charge < -0.3 is 4.57 Å². The molecule has 1 heterocycles. The van der Waals surface area contributed by atoms with E-state index in [1.165, 1.54) is 0 Å². The van der Waals surface area contributed by atoms with Gasteiger partial charge in [-0.1, -0.05) is 47.5 Å². The van der Waals surface area contributed by atoms with Crippen LogP contribution in [0.15, 0.2) is 65.5 Å². The van der Waals surface area contributed by atoms with E-state index in [2.05, 4.69) is 0 Å². The Labute approximate surface area is 149 Å². The van der Waals surface area contributed by atoms with E-state index < -0.39 is 0 Å². The summed E-state index contributed by atoms with van der Waals surface area (Å²) >= 11 is 11.8. The van der Waals surface area contributed by atoms with Crippen LogP contribution in [-0.4, -0.2) is 4.57 Å². The first-order valence-corrected chi connectivity index (χ1v) is 7.98. The lowest BCUT2D eigenvalue weighted by Crippen LogP contribution is -2.24. The third kappa shape index (κ3) is 3.35. The summed E-state index contributed by atoms with van der Waals surface area (Å²) in [5, 5.41) is 10.4. The van der Waals surface area contributed by atoms with Crippen molar-refractivity contribution in [3.63, 3.8) is 0 Å². The molecule has 3 nitrogen and oxygen atoms in total. The number of halogens is 2. The molecule has 0 saturated heterocycles. The normalized spacial score (nSPS) is 10.4. The van der Waals surface area contributed by atoms with Gasteiger partial charge in [-0.2, -0.15) is 5.26 Å². The van der Waals surface area contributed by atoms with E-state index in [1.54, 1.807) is 41.0 Å². The van der Waals surface area contributed by atoms with Crippen LogP contribution in [0.25, 0.3) is 11.3 Å². The predicted molar refractivity (Wildman–Crippen MR) is 96.4 cm³/mol. The molecule has 0 atom stereocenters. The summed E-state index contributed by atoms with van der Waals surface area (Å²) in [7, 11) is 0. The van der Waals surface area contributed by atoms with Gasteiger partial charge >= 0.3 is 0 Å². The van der Waals surface area contributed by atoms with Crippen molar-refractivity contribution in [3.05, 3.63) is 92.2 Å². The number of hydrogen-bond donors (Lipinski definition) is 0. The molecule has 0 amide bonds. The van der Waals surface area contributed by atoms with Crippen molar-refractivity contribution in [2.24, 2.45) is 0 Å². The zero-order valence-electron chi connectivity index (χ0n) is 12.5. The van der Waals surface area contributed by atoms with Crippen molar-refractivity contribution >= 4 is 23.2 Å². The fourth-order valence-electron chi connectivity index (χ4n) is 2.47. The second-order valence-corrected chi connectivity index (χ2v) is 6.14. The molecule has 0 aliphatic heterocycles. The topological polar surface area (TPSA) is 45.8 Å². The SMILES string of the molecule is N#Cc1ccc(-c2ccc(Cl)cc2)n(Cc2ccc(Cl)cc2)c1=O. The third-order valence-corrected chi connectivity index (χ3v) is 4.19. The van der Waals surface area contributed by atoms with Crippen LogP contribution in [0.5, 0.6) is 0 Å². The van der Waals surface area contributed by atoms with Gasteiger partial charge in [0.1, 0.15) is 11.6 Å². The summed E-state index contributed by atoms with van der Waals surface area (Å²) in [4.78, 5) is 12.6. The smallest absolute Gasteiger partial charge is 0.269 e. The number of nitrogens with zero attached hydrogens (tertiary/aromatic N) is 2. The van der Waals surface area contributed by atoms with Crippen LogP contribution in [-0.2, 0) is 6.54 Å². The Morgan fingerprint density at radius 3 is 2.04 bits per heavy atom. The number of hydrogen-bond acceptors (Lipinski definition) is 2. The second-order valence-electron chi connectivity index (χ2n) is 5.27. The number of rotatable bonds is 3. The molecular weight excluding hydrogens is 343 g/mol. The lowest BCUT2D eigenvalue weighted by Gasteiger charge is -2.14. The lowest BCUT2D eigenvalue weighted by molar-refractivity contribution is 0.765. The van der Waals surface area contributed by atoms with E-state index in [0.717, 1.165) is 16.8 Å². The highest BCUT2D eigenvalue weighted by Crippen LogP contribution is 2.22. The second kappa shape index (κ2) is 6.92. The van der Waals surface area contributed by atoms with Crippen molar-refractivity contribution in [2.45, 2.75) is 6.54 Å². The Morgan fingerprint density at radius 1 is 0.875 bits per heavy atom. The minimum absolute atomic E-state index is 0.113. The molecule has 0 radical (unpaired) electrons. The van der Waals surface area contributed by atoms with Gasteiger partial charge in [0, 0.05) is 10.0 Å². The maximum Gasteiger partial charge on any atom is 0.269 e. The largest absolute Gasteiger partial charge is 0.303 e. The average molecular weight is 355 g/mol. The summed E-state index contributed by atoms with van der Waals surface area (Å²) < 4.78 is 1.59. The van der Waals surface area contributed by atoms with Gasteiger partial charge in [-0.3, -0.25) is 4.79 Å². The van der Waals surface area contributed by atoms with E-state index in [0.29, 0.717) is 16.6 Å². The van der Waals surface area contributed by atoms with Gasteiger partial charge in [0.15, 0.2) is 0 Å². The van der Waals surface area contributed by atoms with Crippen molar-refractivity contribution < 1.29 is 0 Å². The Balaban J connectivity index is 2.14. The molecule has 118 valence electrons. The Kier molecular flexibility index (Phi) is 4.71. The molecule has 0 aliphatic carbocycles. The Morgan fingerprint density at radius 2 is 1.46 bits per heavy atom. The fourth-order valence-corrected chi connectivity index (χ4v) is 2.72. The molecule has 3 aromatic rings. The van der Waals surface area contributed by atoms with Gasteiger partial charge in [0.05, 0.1) is 12.2 Å². The van der Waals surface area contributed by atoms with Crippen molar-refractivity contribution in [3.8, 4) is 17.3 Å². The predicted octanol–water partition coefficient (Wildman–Crippen LogP) is 4.74. The molecule has 0 bridgehead atoms. The summed E-state index contributed by atoms with van der Waals surface area (Å²) in [5.74, 6) is 0. The minimum Gasteiger partial charge on any atom is -0.303 e. The highest BCUT2D eigenvalue weighted by atomic mass is 35.5. The molecule has 3 rings (SSSR count). The number of aromatic nitrogens is 1. The van der Waals surface area contributed by atoms with Crippen LogP contribution in [0.4, 0.5) is 0 Å². The summed E-state index contributed by atoms with van der Waals surface area (Å²) in [6, 6.07) is 19.8. The molecular formula is C19H12Cl2N2O. The number of benzene rings is 2. The first kappa shape index (κ1) is 16.3. The Hall–Kier alpha value is -2.54. The third-order valence-electron chi connectivity index (χ3n) is 3.69. The van der Waals surface area contributed by atoms with Crippen LogP contribution >= 0.6 is 23.2 Å².